The molecule has 2 N–H and O–H groups in total. The molecule has 0 unspecified atom stereocenters. The van der Waals surface area contributed by atoms with Crippen LogP contribution in [0.4, 0.5) is 5.69 Å². The zero-order valence-corrected chi connectivity index (χ0v) is 16.6. The standard InChI is InChI=1S/C21H21ClN2O5/c1-29-18-8-7-15(22)11-17(18)24-12-14(10-19(24)25)20(26)23-16(21(27)28)9-13-5-3-2-4-6-13/h2-8,11,14,16H,9-10,12H2,1H3,(H,23,26)(H,27,28)/t14-,16-/m0/s1. The third-order valence-corrected chi connectivity index (χ3v) is 5.06. The van der Waals surface area contributed by atoms with Gasteiger partial charge in [0.25, 0.3) is 0 Å². The Morgan fingerprint density at radius 1 is 1.28 bits per heavy atom. The quantitative estimate of drug-likeness (QED) is 0.723. The summed E-state index contributed by atoms with van der Waals surface area (Å²) in [6.07, 6.45) is 0.146. The maximum Gasteiger partial charge on any atom is 0.326 e. The predicted octanol–water partition coefficient (Wildman–Crippen LogP) is 2.51. The lowest BCUT2D eigenvalue weighted by molar-refractivity contribution is -0.142. The van der Waals surface area contributed by atoms with Crippen molar-refractivity contribution in [2.75, 3.05) is 18.6 Å². The van der Waals surface area contributed by atoms with E-state index in [0.717, 1.165) is 5.56 Å². The molecule has 3 rings (SSSR count). The van der Waals surface area contributed by atoms with Gasteiger partial charge in [0.1, 0.15) is 11.8 Å². The first-order valence-electron chi connectivity index (χ1n) is 9.10. The molecule has 2 atom stereocenters. The highest BCUT2D eigenvalue weighted by atomic mass is 35.5. The van der Waals surface area contributed by atoms with Gasteiger partial charge in [-0.15, -0.1) is 0 Å². The van der Waals surface area contributed by atoms with Gasteiger partial charge < -0.3 is 20.1 Å². The van der Waals surface area contributed by atoms with E-state index in [4.69, 9.17) is 16.3 Å². The van der Waals surface area contributed by atoms with Gasteiger partial charge in [-0.05, 0) is 23.8 Å². The maximum absolute atomic E-state index is 12.7. The molecule has 2 amide bonds. The second-order valence-electron chi connectivity index (χ2n) is 6.81. The number of rotatable bonds is 7. The summed E-state index contributed by atoms with van der Waals surface area (Å²) in [4.78, 5) is 38.2. The molecule has 7 nitrogen and oxygen atoms in total. The van der Waals surface area contributed by atoms with Crippen LogP contribution in [0.15, 0.2) is 48.5 Å². The summed E-state index contributed by atoms with van der Waals surface area (Å²) < 4.78 is 5.29. The van der Waals surface area contributed by atoms with Gasteiger partial charge in [0.15, 0.2) is 0 Å². The number of carbonyl (C=O) groups is 3. The number of carboxylic acids is 1. The van der Waals surface area contributed by atoms with E-state index >= 15 is 0 Å². The Kier molecular flexibility index (Phi) is 6.39. The number of carboxylic acid groups (broad SMARTS) is 1. The van der Waals surface area contributed by atoms with E-state index in [0.29, 0.717) is 16.5 Å². The summed E-state index contributed by atoms with van der Waals surface area (Å²) in [5, 5.41) is 12.5. The van der Waals surface area contributed by atoms with Crippen molar-refractivity contribution in [1.29, 1.82) is 0 Å². The van der Waals surface area contributed by atoms with E-state index in [2.05, 4.69) is 5.32 Å². The summed E-state index contributed by atoms with van der Waals surface area (Å²) in [5.41, 5.74) is 1.28. The third kappa shape index (κ3) is 4.86. The maximum atomic E-state index is 12.7. The van der Waals surface area contributed by atoms with Crippen LogP contribution in [0.25, 0.3) is 0 Å². The molecule has 1 aliphatic rings. The Labute approximate surface area is 173 Å². The van der Waals surface area contributed by atoms with Crippen LogP contribution in [-0.2, 0) is 20.8 Å². The number of amides is 2. The van der Waals surface area contributed by atoms with E-state index in [9.17, 15) is 19.5 Å². The molecule has 1 aliphatic heterocycles. The van der Waals surface area contributed by atoms with Crippen LogP contribution in [-0.4, -0.2) is 42.6 Å². The smallest absolute Gasteiger partial charge is 0.326 e. The molecule has 0 aromatic heterocycles. The molecule has 29 heavy (non-hydrogen) atoms. The number of nitrogens with one attached hydrogen (secondary N) is 1. The average molecular weight is 417 g/mol. The fraction of sp³-hybridized carbons (Fsp3) is 0.286. The Morgan fingerprint density at radius 2 is 2.00 bits per heavy atom. The Balaban J connectivity index is 1.71. The molecule has 0 saturated carbocycles. The fourth-order valence-electron chi connectivity index (χ4n) is 3.33. The van der Waals surface area contributed by atoms with Crippen molar-refractivity contribution in [2.24, 2.45) is 5.92 Å². The molecule has 0 radical (unpaired) electrons. The van der Waals surface area contributed by atoms with Crippen LogP contribution in [0.3, 0.4) is 0 Å². The normalized spacial score (nSPS) is 17.1. The van der Waals surface area contributed by atoms with Gasteiger partial charge >= 0.3 is 5.97 Å². The summed E-state index contributed by atoms with van der Waals surface area (Å²) in [7, 11) is 1.48. The molecule has 0 bridgehead atoms. The summed E-state index contributed by atoms with van der Waals surface area (Å²) in [6, 6.07) is 12.9. The van der Waals surface area contributed by atoms with E-state index in [1.807, 2.05) is 18.2 Å². The average Bonchev–Trinajstić information content (AvgIpc) is 3.09. The minimum atomic E-state index is -1.13. The number of hydrogen-bond acceptors (Lipinski definition) is 4. The van der Waals surface area contributed by atoms with Crippen molar-refractivity contribution in [3.05, 3.63) is 59.1 Å². The molecular formula is C21H21ClN2O5. The van der Waals surface area contributed by atoms with Gasteiger partial charge in [-0.25, -0.2) is 4.79 Å². The first-order chi connectivity index (χ1) is 13.9. The van der Waals surface area contributed by atoms with E-state index in [1.54, 1.807) is 30.3 Å². The first-order valence-corrected chi connectivity index (χ1v) is 9.48. The van der Waals surface area contributed by atoms with Gasteiger partial charge in [0, 0.05) is 24.4 Å². The summed E-state index contributed by atoms with van der Waals surface area (Å²) in [5.74, 6) is -2.04. The molecular weight excluding hydrogens is 396 g/mol. The molecule has 2 aromatic rings. The zero-order valence-electron chi connectivity index (χ0n) is 15.8. The van der Waals surface area contributed by atoms with Crippen LogP contribution in [0.2, 0.25) is 5.02 Å². The molecule has 1 saturated heterocycles. The Bertz CT molecular complexity index is 919. The molecule has 0 spiro atoms. The van der Waals surface area contributed by atoms with E-state index in [-0.39, 0.29) is 25.3 Å². The number of carbonyl (C=O) groups excluding carboxylic acids is 2. The van der Waals surface area contributed by atoms with Gasteiger partial charge in [-0.3, -0.25) is 9.59 Å². The fourth-order valence-corrected chi connectivity index (χ4v) is 3.50. The predicted molar refractivity (Wildman–Crippen MR) is 108 cm³/mol. The molecule has 1 fully saturated rings. The number of halogens is 1. The lowest BCUT2D eigenvalue weighted by Crippen LogP contribution is -2.45. The molecule has 8 heteroatoms. The van der Waals surface area contributed by atoms with Crippen LogP contribution in [0.5, 0.6) is 5.75 Å². The number of nitrogens with zero attached hydrogens (tertiary/aromatic N) is 1. The largest absolute Gasteiger partial charge is 0.495 e. The minimum absolute atomic E-state index is 0.0147. The lowest BCUT2D eigenvalue weighted by atomic mass is 10.0. The number of anilines is 1. The van der Waals surface area contributed by atoms with Gasteiger partial charge in [-0.2, -0.15) is 0 Å². The van der Waals surface area contributed by atoms with Crippen LogP contribution in [0, 0.1) is 5.92 Å². The highest BCUT2D eigenvalue weighted by molar-refractivity contribution is 6.31. The monoisotopic (exact) mass is 416 g/mol. The number of hydrogen-bond donors (Lipinski definition) is 2. The lowest BCUT2D eigenvalue weighted by Gasteiger charge is -2.20. The van der Waals surface area contributed by atoms with E-state index in [1.165, 1.54) is 12.0 Å². The first kappa shape index (κ1) is 20.7. The number of aliphatic carboxylic acids is 1. The Hall–Kier alpha value is -3.06. The third-order valence-electron chi connectivity index (χ3n) is 4.82. The van der Waals surface area contributed by atoms with Crippen LogP contribution >= 0.6 is 11.6 Å². The van der Waals surface area contributed by atoms with Crippen molar-refractivity contribution in [3.63, 3.8) is 0 Å². The summed E-state index contributed by atoms with van der Waals surface area (Å²) in [6.45, 7) is 0.124. The molecule has 0 aliphatic carbocycles. The van der Waals surface area contributed by atoms with Crippen molar-refractivity contribution in [2.45, 2.75) is 18.9 Å². The summed E-state index contributed by atoms with van der Waals surface area (Å²) >= 11 is 6.04. The minimum Gasteiger partial charge on any atom is -0.495 e. The Morgan fingerprint density at radius 3 is 2.66 bits per heavy atom. The van der Waals surface area contributed by atoms with Crippen molar-refractivity contribution < 1.29 is 24.2 Å². The van der Waals surface area contributed by atoms with Crippen molar-refractivity contribution >= 4 is 35.1 Å². The van der Waals surface area contributed by atoms with Gasteiger partial charge in [-0.1, -0.05) is 41.9 Å². The second-order valence-corrected chi connectivity index (χ2v) is 7.25. The van der Waals surface area contributed by atoms with Crippen molar-refractivity contribution in [1.82, 2.24) is 5.32 Å². The number of benzene rings is 2. The molecule has 2 aromatic carbocycles. The number of ether oxygens (including phenoxy) is 1. The highest BCUT2D eigenvalue weighted by Crippen LogP contribution is 2.35. The van der Waals surface area contributed by atoms with Crippen LogP contribution < -0.4 is 15.0 Å². The van der Waals surface area contributed by atoms with Gasteiger partial charge in [0.05, 0.1) is 18.7 Å². The number of methoxy groups -OCH3 is 1. The van der Waals surface area contributed by atoms with Crippen molar-refractivity contribution in [3.8, 4) is 5.75 Å². The molecule has 152 valence electrons. The van der Waals surface area contributed by atoms with Crippen LogP contribution in [0.1, 0.15) is 12.0 Å². The second kappa shape index (κ2) is 8.96. The van der Waals surface area contributed by atoms with Gasteiger partial charge in [0.2, 0.25) is 11.8 Å². The topological polar surface area (TPSA) is 95.9 Å². The highest BCUT2D eigenvalue weighted by Gasteiger charge is 2.37. The molecule has 1 heterocycles. The SMILES string of the molecule is COc1ccc(Cl)cc1N1C[C@@H](C(=O)N[C@@H](Cc2ccccc2)C(=O)O)CC1=O. The zero-order chi connectivity index (χ0) is 21.0. The van der Waals surface area contributed by atoms with E-state index < -0.39 is 23.8 Å².